The van der Waals surface area contributed by atoms with Gasteiger partial charge in [0, 0.05) is 50.5 Å². The second kappa shape index (κ2) is 9.74. The van der Waals surface area contributed by atoms with Gasteiger partial charge >= 0.3 is 6.18 Å². The van der Waals surface area contributed by atoms with Crippen molar-refractivity contribution in [2.75, 3.05) is 18.4 Å². The van der Waals surface area contributed by atoms with Crippen molar-refractivity contribution in [1.82, 2.24) is 34.6 Å². The van der Waals surface area contributed by atoms with E-state index in [-0.39, 0.29) is 24.0 Å². The maximum atomic E-state index is 14.6. The Balaban J connectivity index is 1.61. The maximum absolute atomic E-state index is 14.6. The fourth-order valence-corrected chi connectivity index (χ4v) is 4.12. The SMILES string of the molecule is CCn1cc(-c2ncccn2)c(C(=O)N2CC(F)(F)C[C@@H](C)C2CNc2ncc(C(F)(F)F)cn2)n1. The molecule has 0 radical (unpaired) electrons. The number of likely N-dealkylation sites (tertiary alicyclic amines) is 1. The van der Waals surface area contributed by atoms with E-state index in [4.69, 9.17) is 0 Å². The van der Waals surface area contributed by atoms with Crippen LogP contribution in [0.5, 0.6) is 0 Å². The van der Waals surface area contributed by atoms with Crippen molar-refractivity contribution in [3.63, 3.8) is 0 Å². The monoisotopic (exact) mass is 510 g/mol. The van der Waals surface area contributed by atoms with Gasteiger partial charge < -0.3 is 10.2 Å². The van der Waals surface area contributed by atoms with E-state index in [0.29, 0.717) is 24.5 Å². The first kappa shape index (κ1) is 25.4. The van der Waals surface area contributed by atoms with Gasteiger partial charge in [-0.2, -0.15) is 18.3 Å². The predicted octanol–water partition coefficient (Wildman–Crippen LogP) is 3.77. The summed E-state index contributed by atoms with van der Waals surface area (Å²) in [4.78, 5) is 30.3. The molecule has 3 aromatic rings. The Hall–Kier alpha value is -3.71. The minimum atomic E-state index is -4.59. The van der Waals surface area contributed by atoms with Crippen molar-refractivity contribution in [1.29, 1.82) is 0 Å². The molecular formula is C22H23F5N8O. The topological polar surface area (TPSA) is 102 Å². The summed E-state index contributed by atoms with van der Waals surface area (Å²) in [5, 5.41) is 7.06. The summed E-state index contributed by atoms with van der Waals surface area (Å²) < 4.78 is 69.0. The minimum absolute atomic E-state index is 0.0555. The average molecular weight is 510 g/mol. The Bertz CT molecular complexity index is 1200. The summed E-state index contributed by atoms with van der Waals surface area (Å²) in [7, 11) is 0. The molecule has 2 atom stereocenters. The molecule has 3 aromatic heterocycles. The zero-order valence-corrected chi connectivity index (χ0v) is 19.4. The van der Waals surface area contributed by atoms with Gasteiger partial charge in [-0.05, 0) is 18.9 Å². The van der Waals surface area contributed by atoms with Crippen molar-refractivity contribution in [2.45, 2.75) is 45.0 Å². The first-order valence-corrected chi connectivity index (χ1v) is 11.1. The molecule has 36 heavy (non-hydrogen) atoms. The Morgan fingerprint density at radius 1 is 1.17 bits per heavy atom. The summed E-state index contributed by atoms with van der Waals surface area (Å²) in [6, 6.07) is 0.868. The van der Waals surface area contributed by atoms with Crippen molar-refractivity contribution in [3.8, 4) is 11.4 Å². The zero-order chi connectivity index (χ0) is 26.1. The lowest BCUT2D eigenvalue weighted by Gasteiger charge is -2.43. The Kier molecular flexibility index (Phi) is 6.87. The first-order valence-electron chi connectivity index (χ1n) is 11.1. The summed E-state index contributed by atoms with van der Waals surface area (Å²) >= 11 is 0. The number of aromatic nitrogens is 6. The van der Waals surface area contributed by atoms with E-state index in [1.54, 1.807) is 19.2 Å². The lowest BCUT2D eigenvalue weighted by Crippen LogP contribution is -2.57. The van der Waals surface area contributed by atoms with Crippen molar-refractivity contribution >= 4 is 11.9 Å². The number of anilines is 1. The van der Waals surface area contributed by atoms with Gasteiger partial charge in [0.2, 0.25) is 5.95 Å². The molecule has 0 bridgehead atoms. The van der Waals surface area contributed by atoms with Crippen LogP contribution in [0.25, 0.3) is 11.4 Å². The molecule has 0 aliphatic carbocycles. The molecule has 4 rings (SSSR count). The smallest absolute Gasteiger partial charge is 0.352 e. The minimum Gasteiger partial charge on any atom is -0.352 e. The van der Waals surface area contributed by atoms with E-state index >= 15 is 0 Å². The molecule has 0 aromatic carbocycles. The first-order chi connectivity index (χ1) is 17.0. The van der Waals surface area contributed by atoms with E-state index in [1.807, 2.05) is 6.92 Å². The zero-order valence-electron chi connectivity index (χ0n) is 19.4. The lowest BCUT2D eigenvalue weighted by atomic mass is 9.88. The molecule has 1 aliphatic rings. The van der Waals surface area contributed by atoms with Crippen LogP contribution in [0.3, 0.4) is 0 Å². The summed E-state index contributed by atoms with van der Waals surface area (Å²) in [5.41, 5.74) is -0.775. The van der Waals surface area contributed by atoms with Crippen LogP contribution in [0.1, 0.15) is 36.3 Å². The number of aryl methyl sites for hydroxylation is 1. The largest absolute Gasteiger partial charge is 0.419 e. The molecule has 0 saturated carbocycles. The van der Waals surface area contributed by atoms with Crippen LogP contribution in [0.2, 0.25) is 0 Å². The van der Waals surface area contributed by atoms with E-state index in [0.717, 1.165) is 4.90 Å². The summed E-state index contributed by atoms with van der Waals surface area (Å²) in [5.74, 6) is -4.40. The summed E-state index contributed by atoms with van der Waals surface area (Å²) in [6.07, 6.45) is 0.766. The van der Waals surface area contributed by atoms with E-state index in [2.05, 4.69) is 30.4 Å². The molecule has 0 spiro atoms. The molecular weight excluding hydrogens is 487 g/mol. The quantitative estimate of drug-likeness (QED) is 0.504. The molecule has 1 unspecified atom stereocenters. The molecule has 9 nitrogen and oxygen atoms in total. The average Bonchev–Trinajstić information content (AvgIpc) is 3.27. The standard InChI is InChI=1S/C22H23F5N8O/c1-3-34-11-15(18-28-5-4-6-29-18)17(33-34)19(36)35-12-21(23,24)7-13(2)16(35)10-32-20-30-8-14(9-31-20)22(25,26)27/h4-6,8-9,11,13,16H,3,7,10,12H2,1-2H3,(H,30,31,32)/t13-,16?/m1/s1. The van der Waals surface area contributed by atoms with E-state index < -0.39 is 48.5 Å². The highest BCUT2D eigenvalue weighted by molar-refractivity contribution is 5.98. The highest BCUT2D eigenvalue weighted by Gasteiger charge is 2.47. The van der Waals surface area contributed by atoms with Crippen LogP contribution in [-0.4, -0.2) is 65.6 Å². The van der Waals surface area contributed by atoms with Gasteiger partial charge in [-0.15, -0.1) is 0 Å². The number of amides is 1. The van der Waals surface area contributed by atoms with Gasteiger partial charge in [-0.25, -0.2) is 28.7 Å². The third-order valence-electron chi connectivity index (χ3n) is 5.88. The third kappa shape index (κ3) is 5.41. The van der Waals surface area contributed by atoms with E-state index in [9.17, 15) is 26.7 Å². The number of carbonyl (C=O) groups excluding carboxylic acids is 1. The van der Waals surface area contributed by atoms with Gasteiger partial charge in [-0.1, -0.05) is 6.92 Å². The number of hydrogen-bond donors (Lipinski definition) is 1. The van der Waals surface area contributed by atoms with Crippen LogP contribution in [-0.2, 0) is 12.7 Å². The normalized spacial score (nSPS) is 19.8. The van der Waals surface area contributed by atoms with Gasteiger partial charge in [0.05, 0.1) is 23.7 Å². The van der Waals surface area contributed by atoms with Crippen LogP contribution in [0.15, 0.2) is 37.1 Å². The Morgan fingerprint density at radius 3 is 2.44 bits per heavy atom. The maximum Gasteiger partial charge on any atom is 0.419 e. The van der Waals surface area contributed by atoms with Crippen LogP contribution >= 0.6 is 0 Å². The number of hydrogen-bond acceptors (Lipinski definition) is 7. The van der Waals surface area contributed by atoms with Gasteiger partial charge in [-0.3, -0.25) is 9.48 Å². The highest BCUT2D eigenvalue weighted by Crippen LogP contribution is 2.36. The van der Waals surface area contributed by atoms with Gasteiger partial charge in [0.25, 0.3) is 11.8 Å². The number of nitrogens with zero attached hydrogens (tertiary/aromatic N) is 7. The number of alkyl halides is 5. The van der Waals surface area contributed by atoms with Crippen molar-refractivity contribution < 1.29 is 26.7 Å². The lowest BCUT2D eigenvalue weighted by molar-refractivity contribution is -0.138. The fraction of sp³-hybridized carbons (Fsp3) is 0.455. The molecule has 14 heteroatoms. The summed E-state index contributed by atoms with van der Waals surface area (Å²) in [6.45, 7) is 2.92. The molecule has 1 saturated heterocycles. The number of halogens is 5. The van der Waals surface area contributed by atoms with Crippen molar-refractivity contribution in [2.24, 2.45) is 5.92 Å². The van der Waals surface area contributed by atoms with Crippen LogP contribution in [0, 0.1) is 5.92 Å². The predicted molar refractivity (Wildman–Crippen MR) is 118 cm³/mol. The molecule has 4 heterocycles. The number of rotatable bonds is 6. The number of carbonyl (C=O) groups is 1. The van der Waals surface area contributed by atoms with E-state index in [1.165, 1.54) is 17.1 Å². The van der Waals surface area contributed by atoms with Crippen molar-refractivity contribution in [3.05, 3.63) is 48.3 Å². The molecule has 1 aliphatic heterocycles. The molecule has 1 amide bonds. The third-order valence-corrected chi connectivity index (χ3v) is 5.88. The highest BCUT2D eigenvalue weighted by atomic mass is 19.4. The van der Waals surface area contributed by atoms with Gasteiger partial charge in [0.15, 0.2) is 11.5 Å². The molecule has 1 N–H and O–H groups in total. The fourth-order valence-electron chi connectivity index (χ4n) is 4.12. The Labute approximate surface area is 202 Å². The second-order valence-electron chi connectivity index (χ2n) is 8.53. The molecule has 1 fully saturated rings. The number of nitrogens with one attached hydrogen (secondary N) is 1. The van der Waals surface area contributed by atoms with Crippen LogP contribution < -0.4 is 5.32 Å². The van der Waals surface area contributed by atoms with Gasteiger partial charge in [0.1, 0.15) is 0 Å². The van der Waals surface area contributed by atoms with Crippen LogP contribution in [0.4, 0.5) is 27.9 Å². The molecule has 192 valence electrons. The second-order valence-corrected chi connectivity index (χ2v) is 8.53. The Morgan fingerprint density at radius 2 is 1.83 bits per heavy atom. The number of piperidine rings is 1.